The Labute approximate surface area is 61.6 Å². The maximum absolute atomic E-state index is 10.6. The van der Waals surface area contributed by atoms with E-state index in [-0.39, 0.29) is 5.69 Å². The third kappa shape index (κ3) is 1.24. The second kappa shape index (κ2) is 2.66. The van der Waals surface area contributed by atoms with Crippen molar-refractivity contribution >= 4 is 17.7 Å². The summed E-state index contributed by atoms with van der Waals surface area (Å²) in [4.78, 5) is 10.6. The SMILES string of the molecule is COC(=O)c1cnn(Cl)n1. The van der Waals surface area contributed by atoms with Gasteiger partial charge in [0.2, 0.25) is 0 Å². The summed E-state index contributed by atoms with van der Waals surface area (Å²) >= 11 is 5.25. The summed E-state index contributed by atoms with van der Waals surface area (Å²) in [5.41, 5.74) is 0.0949. The molecule has 0 aliphatic carbocycles. The molecule has 0 aliphatic rings. The van der Waals surface area contributed by atoms with Gasteiger partial charge in [-0.25, -0.2) is 4.79 Å². The van der Waals surface area contributed by atoms with Crippen LogP contribution in [0.4, 0.5) is 0 Å². The number of hydrogen-bond acceptors (Lipinski definition) is 4. The van der Waals surface area contributed by atoms with Gasteiger partial charge < -0.3 is 4.74 Å². The van der Waals surface area contributed by atoms with E-state index in [1.54, 1.807) is 0 Å². The van der Waals surface area contributed by atoms with Gasteiger partial charge in [-0.3, -0.25) is 0 Å². The molecule has 0 radical (unpaired) electrons. The molecule has 0 aliphatic heterocycles. The highest BCUT2D eigenvalue weighted by molar-refractivity contribution is 6.14. The first-order valence-corrected chi connectivity index (χ1v) is 2.74. The van der Waals surface area contributed by atoms with Crippen LogP contribution in [0.1, 0.15) is 10.5 Å². The van der Waals surface area contributed by atoms with Crippen LogP contribution in [0, 0.1) is 0 Å². The monoisotopic (exact) mass is 161 g/mol. The topological polar surface area (TPSA) is 57.0 Å². The van der Waals surface area contributed by atoms with Crippen molar-refractivity contribution in [1.82, 2.24) is 14.5 Å². The van der Waals surface area contributed by atoms with Crippen molar-refractivity contribution in [2.75, 3.05) is 7.11 Å². The van der Waals surface area contributed by atoms with Crippen molar-refractivity contribution in [2.24, 2.45) is 0 Å². The number of ether oxygens (including phenoxy) is 1. The normalized spacial score (nSPS) is 9.40. The van der Waals surface area contributed by atoms with E-state index in [1.165, 1.54) is 13.3 Å². The maximum Gasteiger partial charge on any atom is 0.360 e. The van der Waals surface area contributed by atoms with Crippen molar-refractivity contribution in [3.63, 3.8) is 0 Å². The van der Waals surface area contributed by atoms with E-state index >= 15 is 0 Å². The molecule has 0 amide bonds. The molecule has 0 saturated carbocycles. The smallest absolute Gasteiger partial charge is 0.360 e. The zero-order valence-electron chi connectivity index (χ0n) is 5.11. The summed E-state index contributed by atoms with van der Waals surface area (Å²) in [6.07, 6.45) is 1.22. The highest BCUT2D eigenvalue weighted by Gasteiger charge is 2.08. The summed E-state index contributed by atoms with van der Waals surface area (Å²) in [5.74, 6) is -0.549. The van der Waals surface area contributed by atoms with E-state index in [2.05, 4.69) is 14.9 Å². The molecule has 0 fully saturated rings. The molecule has 54 valence electrons. The van der Waals surface area contributed by atoms with Gasteiger partial charge in [0.15, 0.2) is 5.69 Å². The van der Waals surface area contributed by atoms with E-state index < -0.39 is 5.97 Å². The zero-order valence-corrected chi connectivity index (χ0v) is 5.87. The van der Waals surface area contributed by atoms with Gasteiger partial charge in [-0.15, -0.1) is 10.2 Å². The quantitative estimate of drug-likeness (QED) is 0.547. The van der Waals surface area contributed by atoms with Crippen molar-refractivity contribution in [1.29, 1.82) is 0 Å². The number of carbonyl (C=O) groups is 1. The Morgan fingerprint density at radius 3 is 3.00 bits per heavy atom. The number of halogens is 1. The first-order chi connectivity index (χ1) is 4.74. The average Bonchev–Trinajstić information content (AvgIpc) is 2.34. The summed E-state index contributed by atoms with van der Waals surface area (Å²) in [5, 5.41) is 6.93. The number of aromatic nitrogens is 3. The Morgan fingerprint density at radius 2 is 2.60 bits per heavy atom. The molecular formula is C4H4ClN3O2. The molecule has 0 atom stereocenters. The van der Waals surface area contributed by atoms with Crippen molar-refractivity contribution in [2.45, 2.75) is 0 Å². The Morgan fingerprint density at radius 1 is 1.90 bits per heavy atom. The van der Waals surface area contributed by atoms with Crippen LogP contribution in [0.5, 0.6) is 0 Å². The summed E-state index contributed by atoms with van der Waals surface area (Å²) in [6, 6.07) is 0. The Bertz CT molecular complexity index is 246. The molecule has 0 unspecified atom stereocenters. The average molecular weight is 162 g/mol. The lowest BCUT2D eigenvalue weighted by atomic mass is 10.5. The predicted molar refractivity (Wildman–Crippen MR) is 32.6 cm³/mol. The van der Waals surface area contributed by atoms with Gasteiger partial charge in [0, 0.05) is 0 Å². The number of esters is 1. The van der Waals surface area contributed by atoms with E-state index in [9.17, 15) is 4.79 Å². The van der Waals surface area contributed by atoms with Crippen LogP contribution in [0.15, 0.2) is 6.20 Å². The van der Waals surface area contributed by atoms with E-state index in [4.69, 9.17) is 11.8 Å². The lowest BCUT2D eigenvalue weighted by Crippen LogP contribution is -2.01. The molecule has 1 aromatic heterocycles. The second-order valence-corrected chi connectivity index (χ2v) is 1.76. The molecule has 0 N–H and O–H groups in total. The number of carbonyl (C=O) groups excluding carboxylic acids is 1. The van der Waals surface area contributed by atoms with Gasteiger partial charge >= 0.3 is 5.97 Å². The molecule has 10 heavy (non-hydrogen) atoms. The molecule has 1 heterocycles. The van der Waals surface area contributed by atoms with Crippen LogP contribution >= 0.6 is 11.8 Å². The molecule has 0 bridgehead atoms. The minimum absolute atomic E-state index is 0.0949. The van der Waals surface area contributed by atoms with E-state index in [1.807, 2.05) is 0 Å². The van der Waals surface area contributed by atoms with Crippen LogP contribution in [-0.4, -0.2) is 27.6 Å². The number of methoxy groups -OCH3 is 1. The van der Waals surface area contributed by atoms with Crippen LogP contribution in [0.2, 0.25) is 0 Å². The molecule has 5 nitrogen and oxygen atoms in total. The minimum Gasteiger partial charge on any atom is -0.464 e. The molecular weight excluding hydrogens is 158 g/mol. The van der Waals surface area contributed by atoms with Gasteiger partial charge in [-0.1, -0.05) is 4.32 Å². The standard InChI is InChI=1S/C4H4ClN3O2/c1-10-4(9)3-2-6-8(5)7-3/h2H,1H3. The lowest BCUT2D eigenvalue weighted by molar-refractivity contribution is 0.0593. The van der Waals surface area contributed by atoms with Crippen LogP contribution < -0.4 is 0 Å². The number of rotatable bonds is 1. The lowest BCUT2D eigenvalue weighted by Gasteiger charge is -1.88. The van der Waals surface area contributed by atoms with Gasteiger partial charge in [0.25, 0.3) is 0 Å². The van der Waals surface area contributed by atoms with Crippen molar-refractivity contribution in [3.05, 3.63) is 11.9 Å². The molecule has 1 aromatic rings. The molecule has 1 rings (SSSR count). The van der Waals surface area contributed by atoms with Gasteiger partial charge in [-0.05, 0) is 0 Å². The van der Waals surface area contributed by atoms with Crippen molar-refractivity contribution in [3.8, 4) is 0 Å². The Kier molecular flexibility index (Phi) is 1.86. The van der Waals surface area contributed by atoms with Gasteiger partial charge in [0.1, 0.15) is 0 Å². The fourth-order valence-electron chi connectivity index (χ4n) is 0.441. The largest absolute Gasteiger partial charge is 0.464 e. The highest BCUT2D eigenvalue weighted by atomic mass is 35.5. The summed E-state index contributed by atoms with van der Waals surface area (Å²) in [7, 11) is 1.26. The van der Waals surface area contributed by atoms with Crippen LogP contribution in [0.3, 0.4) is 0 Å². The van der Waals surface area contributed by atoms with Crippen LogP contribution in [0.25, 0.3) is 0 Å². The molecule has 0 spiro atoms. The predicted octanol–water partition coefficient (Wildman–Crippen LogP) is 0.0666. The summed E-state index contributed by atoms with van der Waals surface area (Å²) in [6.45, 7) is 0. The number of hydrogen-bond donors (Lipinski definition) is 0. The number of nitrogens with zero attached hydrogens (tertiary/aromatic N) is 3. The fraction of sp³-hybridized carbons (Fsp3) is 0.250. The zero-order chi connectivity index (χ0) is 7.56. The molecule has 0 aromatic carbocycles. The van der Waals surface area contributed by atoms with Crippen molar-refractivity contribution < 1.29 is 9.53 Å². The summed E-state index contributed by atoms with van der Waals surface area (Å²) < 4.78 is 5.11. The van der Waals surface area contributed by atoms with Gasteiger partial charge in [0.05, 0.1) is 25.1 Å². The first-order valence-electron chi connectivity index (χ1n) is 2.41. The maximum atomic E-state index is 10.6. The fourth-order valence-corrected chi connectivity index (χ4v) is 0.566. The van der Waals surface area contributed by atoms with Crippen LogP contribution in [-0.2, 0) is 4.74 Å². The molecule has 6 heteroatoms. The second-order valence-electron chi connectivity index (χ2n) is 1.46. The van der Waals surface area contributed by atoms with Gasteiger partial charge in [-0.2, -0.15) is 0 Å². The molecule has 0 saturated heterocycles. The highest BCUT2D eigenvalue weighted by Crippen LogP contribution is 1.94. The van der Waals surface area contributed by atoms with E-state index in [0.29, 0.717) is 0 Å². The third-order valence-corrected chi connectivity index (χ3v) is 1.02. The third-order valence-electron chi connectivity index (χ3n) is 0.860. The minimum atomic E-state index is -0.549. The Balaban J connectivity index is 2.85. The van der Waals surface area contributed by atoms with E-state index in [0.717, 1.165) is 4.32 Å². The first kappa shape index (κ1) is 7.01. The Hall–Kier alpha value is -1.10.